The molecule has 0 aromatic heterocycles. The second-order valence-corrected chi connectivity index (χ2v) is 3.64. The summed E-state index contributed by atoms with van der Waals surface area (Å²) in [7, 11) is 0. The molecule has 1 rings (SSSR count). The summed E-state index contributed by atoms with van der Waals surface area (Å²) in [6.07, 6.45) is 4.76. The smallest absolute Gasteiger partial charge is 0.309 e. The highest BCUT2D eigenvalue weighted by Crippen LogP contribution is 2.27. The Hall–Kier alpha value is -0.570. The average molecular weight is 186 g/mol. The minimum absolute atomic E-state index is 0.0359. The third kappa shape index (κ3) is 2.99. The molecule has 1 aliphatic carbocycles. The third-order valence-corrected chi connectivity index (χ3v) is 2.56. The number of carboxylic acid groups (broad SMARTS) is 1. The highest BCUT2D eigenvalue weighted by molar-refractivity contribution is 5.70. The summed E-state index contributed by atoms with van der Waals surface area (Å²) >= 11 is 0. The summed E-state index contributed by atoms with van der Waals surface area (Å²) in [4.78, 5) is 10.8. The molecule has 0 saturated heterocycles. The lowest BCUT2D eigenvalue weighted by atomic mass is 9.86. The standard InChI is InChI=1S/C10H18O3/c1-2-7-13-9-6-4-3-5-8(9)10(11)12/h8-9H,2-7H2,1H3,(H,11,12). The van der Waals surface area contributed by atoms with Crippen LogP contribution in [0.25, 0.3) is 0 Å². The molecular weight excluding hydrogens is 168 g/mol. The van der Waals surface area contributed by atoms with Crippen LogP contribution < -0.4 is 0 Å². The largest absolute Gasteiger partial charge is 0.481 e. The molecule has 0 heterocycles. The highest BCUT2D eigenvalue weighted by Gasteiger charge is 2.31. The first kappa shape index (κ1) is 10.5. The monoisotopic (exact) mass is 186 g/mol. The van der Waals surface area contributed by atoms with Crippen LogP contribution in [0.15, 0.2) is 0 Å². The molecule has 3 heteroatoms. The zero-order valence-corrected chi connectivity index (χ0v) is 8.16. The van der Waals surface area contributed by atoms with Crippen LogP contribution in [0, 0.1) is 5.92 Å². The van der Waals surface area contributed by atoms with Gasteiger partial charge in [0.15, 0.2) is 0 Å². The second-order valence-electron chi connectivity index (χ2n) is 3.64. The maximum absolute atomic E-state index is 10.8. The fourth-order valence-corrected chi connectivity index (χ4v) is 1.85. The molecule has 1 fully saturated rings. The van der Waals surface area contributed by atoms with Gasteiger partial charge < -0.3 is 9.84 Å². The van der Waals surface area contributed by atoms with E-state index in [4.69, 9.17) is 9.84 Å². The van der Waals surface area contributed by atoms with Gasteiger partial charge >= 0.3 is 5.97 Å². The van der Waals surface area contributed by atoms with Crippen molar-refractivity contribution in [2.75, 3.05) is 6.61 Å². The van der Waals surface area contributed by atoms with Crippen molar-refractivity contribution < 1.29 is 14.6 Å². The van der Waals surface area contributed by atoms with E-state index in [0.29, 0.717) is 6.61 Å². The Labute approximate surface area is 79.1 Å². The molecule has 76 valence electrons. The van der Waals surface area contributed by atoms with Crippen molar-refractivity contribution in [1.82, 2.24) is 0 Å². The van der Waals surface area contributed by atoms with E-state index in [1.165, 1.54) is 0 Å². The van der Waals surface area contributed by atoms with Gasteiger partial charge in [0.1, 0.15) is 0 Å². The highest BCUT2D eigenvalue weighted by atomic mass is 16.5. The van der Waals surface area contributed by atoms with Crippen LogP contribution in [0.4, 0.5) is 0 Å². The lowest BCUT2D eigenvalue weighted by molar-refractivity contribution is -0.149. The lowest BCUT2D eigenvalue weighted by Crippen LogP contribution is -2.33. The average Bonchev–Trinajstić information content (AvgIpc) is 2.15. The number of hydrogen-bond donors (Lipinski definition) is 1. The molecular formula is C10H18O3. The van der Waals surface area contributed by atoms with Crippen LogP contribution in [-0.4, -0.2) is 23.8 Å². The van der Waals surface area contributed by atoms with E-state index < -0.39 is 5.97 Å². The number of hydrogen-bond acceptors (Lipinski definition) is 2. The molecule has 1 saturated carbocycles. The van der Waals surface area contributed by atoms with Gasteiger partial charge in [-0.15, -0.1) is 0 Å². The van der Waals surface area contributed by atoms with Crippen molar-refractivity contribution in [2.24, 2.45) is 5.92 Å². The second kappa shape index (κ2) is 5.22. The maximum atomic E-state index is 10.8. The molecule has 0 amide bonds. The molecule has 0 aliphatic heterocycles. The number of rotatable bonds is 4. The first-order valence-corrected chi connectivity index (χ1v) is 5.10. The molecule has 2 atom stereocenters. The van der Waals surface area contributed by atoms with Gasteiger partial charge in [-0.25, -0.2) is 0 Å². The van der Waals surface area contributed by atoms with Gasteiger partial charge in [-0.1, -0.05) is 19.8 Å². The first-order chi connectivity index (χ1) is 6.25. The Morgan fingerprint density at radius 2 is 2.15 bits per heavy atom. The Balaban J connectivity index is 2.41. The fourth-order valence-electron chi connectivity index (χ4n) is 1.85. The van der Waals surface area contributed by atoms with Gasteiger partial charge in [0.2, 0.25) is 0 Å². The van der Waals surface area contributed by atoms with Crippen LogP contribution in [0.3, 0.4) is 0 Å². The summed E-state index contributed by atoms with van der Waals surface area (Å²) in [6, 6.07) is 0. The predicted octanol–water partition coefficient (Wildman–Crippen LogP) is 2.06. The summed E-state index contributed by atoms with van der Waals surface area (Å²) in [5.41, 5.74) is 0. The van der Waals surface area contributed by atoms with Crippen LogP contribution in [0.1, 0.15) is 39.0 Å². The molecule has 0 spiro atoms. The summed E-state index contributed by atoms with van der Waals surface area (Å²) in [6.45, 7) is 2.73. The van der Waals surface area contributed by atoms with Crippen molar-refractivity contribution in [3.05, 3.63) is 0 Å². The molecule has 0 aromatic rings. The van der Waals surface area contributed by atoms with E-state index >= 15 is 0 Å². The quantitative estimate of drug-likeness (QED) is 0.731. The molecule has 0 aromatic carbocycles. The van der Waals surface area contributed by atoms with Crippen molar-refractivity contribution in [1.29, 1.82) is 0 Å². The van der Waals surface area contributed by atoms with Gasteiger partial charge in [0.25, 0.3) is 0 Å². The van der Waals surface area contributed by atoms with Gasteiger partial charge in [-0.05, 0) is 19.3 Å². The zero-order valence-electron chi connectivity index (χ0n) is 8.16. The van der Waals surface area contributed by atoms with E-state index in [1.807, 2.05) is 6.92 Å². The van der Waals surface area contributed by atoms with E-state index in [-0.39, 0.29) is 12.0 Å². The minimum atomic E-state index is -0.694. The van der Waals surface area contributed by atoms with Gasteiger partial charge in [0, 0.05) is 6.61 Å². The first-order valence-electron chi connectivity index (χ1n) is 5.10. The zero-order chi connectivity index (χ0) is 9.68. The molecule has 2 unspecified atom stereocenters. The van der Waals surface area contributed by atoms with Gasteiger partial charge in [-0.2, -0.15) is 0 Å². The summed E-state index contributed by atoms with van der Waals surface area (Å²) < 4.78 is 5.53. The maximum Gasteiger partial charge on any atom is 0.309 e. The van der Waals surface area contributed by atoms with Gasteiger partial charge in [0.05, 0.1) is 12.0 Å². The number of aliphatic carboxylic acids is 1. The van der Waals surface area contributed by atoms with Gasteiger partial charge in [-0.3, -0.25) is 4.79 Å². The SMILES string of the molecule is CCCOC1CCCCC1C(=O)O. The normalized spacial score (nSPS) is 28.7. The lowest BCUT2D eigenvalue weighted by Gasteiger charge is -2.28. The van der Waals surface area contributed by atoms with Crippen molar-refractivity contribution >= 4 is 5.97 Å². The van der Waals surface area contributed by atoms with Crippen LogP contribution in [0.2, 0.25) is 0 Å². The molecule has 0 bridgehead atoms. The fraction of sp³-hybridized carbons (Fsp3) is 0.900. The van der Waals surface area contributed by atoms with Crippen molar-refractivity contribution in [3.63, 3.8) is 0 Å². The topological polar surface area (TPSA) is 46.5 Å². The van der Waals surface area contributed by atoms with E-state index in [1.54, 1.807) is 0 Å². The minimum Gasteiger partial charge on any atom is -0.481 e. The Morgan fingerprint density at radius 1 is 1.46 bits per heavy atom. The predicted molar refractivity (Wildman–Crippen MR) is 49.6 cm³/mol. The van der Waals surface area contributed by atoms with E-state index in [0.717, 1.165) is 32.1 Å². The third-order valence-electron chi connectivity index (χ3n) is 2.56. The number of carboxylic acids is 1. The number of ether oxygens (including phenoxy) is 1. The summed E-state index contributed by atoms with van der Waals surface area (Å²) in [5.74, 6) is -0.957. The Kier molecular flexibility index (Phi) is 4.22. The van der Waals surface area contributed by atoms with E-state index in [2.05, 4.69) is 0 Å². The summed E-state index contributed by atoms with van der Waals surface area (Å²) in [5, 5.41) is 8.93. The van der Waals surface area contributed by atoms with Crippen LogP contribution in [0.5, 0.6) is 0 Å². The van der Waals surface area contributed by atoms with Crippen molar-refractivity contribution in [2.45, 2.75) is 45.1 Å². The molecule has 13 heavy (non-hydrogen) atoms. The molecule has 0 radical (unpaired) electrons. The van der Waals surface area contributed by atoms with Crippen LogP contribution >= 0.6 is 0 Å². The van der Waals surface area contributed by atoms with E-state index in [9.17, 15) is 4.79 Å². The number of carbonyl (C=O) groups is 1. The molecule has 1 aliphatic rings. The molecule has 1 N–H and O–H groups in total. The van der Waals surface area contributed by atoms with Crippen LogP contribution in [-0.2, 0) is 9.53 Å². The molecule has 3 nitrogen and oxygen atoms in total. The Morgan fingerprint density at radius 3 is 2.77 bits per heavy atom. The van der Waals surface area contributed by atoms with Crippen molar-refractivity contribution in [3.8, 4) is 0 Å². The Bertz CT molecular complexity index is 168.